The summed E-state index contributed by atoms with van der Waals surface area (Å²) in [6.45, 7) is 6.58. The van der Waals surface area contributed by atoms with E-state index in [0.29, 0.717) is 18.6 Å². The Hall–Kier alpha value is -1.32. The largest absolute Gasteiger partial charge is 0.379 e. The van der Waals surface area contributed by atoms with Crippen molar-refractivity contribution in [2.75, 3.05) is 53.4 Å². The van der Waals surface area contributed by atoms with Gasteiger partial charge in [-0.1, -0.05) is 6.92 Å². The van der Waals surface area contributed by atoms with Crippen LogP contribution in [0.4, 0.5) is 0 Å². The molecule has 2 N–H and O–H groups in total. The van der Waals surface area contributed by atoms with Crippen molar-refractivity contribution >= 4 is 29.5 Å². The fourth-order valence-corrected chi connectivity index (χ4v) is 4.05. The molecule has 2 atom stereocenters. The number of amides is 3. The Morgan fingerprint density at radius 3 is 2.13 bits per heavy atom. The van der Waals surface area contributed by atoms with Gasteiger partial charge in [0.2, 0.25) is 17.7 Å². The molecule has 0 aliphatic rings. The second-order valence-corrected chi connectivity index (χ2v) is 9.69. The first-order valence-corrected chi connectivity index (χ1v) is 11.6. The van der Waals surface area contributed by atoms with Crippen molar-refractivity contribution in [2.24, 2.45) is 5.73 Å². The summed E-state index contributed by atoms with van der Waals surface area (Å²) < 4.78 is 5.42. The molecule has 0 aromatic carbocycles. The van der Waals surface area contributed by atoms with Crippen molar-refractivity contribution in [3.63, 3.8) is 0 Å². The lowest BCUT2D eigenvalue weighted by molar-refractivity contribution is -0.147. The lowest BCUT2D eigenvalue weighted by atomic mass is 9.97. The van der Waals surface area contributed by atoms with Gasteiger partial charge in [-0.3, -0.25) is 14.4 Å². The van der Waals surface area contributed by atoms with Gasteiger partial charge in [-0.25, -0.2) is 0 Å². The highest BCUT2D eigenvalue weighted by atomic mass is 32.2. The summed E-state index contributed by atoms with van der Waals surface area (Å²) in [6, 6.07) is -1.46. The Labute approximate surface area is 186 Å². The van der Waals surface area contributed by atoms with E-state index in [1.54, 1.807) is 33.0 Å². The summed E-state index contributed by atoms with van der Waals surface area (Å²) >= 11 is 1.64. The zero-order valence-corrected chi connectivity index (χ0v) is 20.9. The summed E-state index contributed by atoms with van der Waals surface area (Å²) in [7, 11) is 8.84. The number of nitrogens with zero attached hydrogens (tertiary/aromatic N) is 3. The molecule has 0 saturated carbocycles. The van der Waals surface area contributed by atoms with E-state index in [-0.39, 0.29) is 18.2 Å². The first-order valence-electron chi connectivity index (χ1n) is 10.5. The number of likely N-dealkylation sites (N-methyl/N-ethyl adjacent to an activating group) is 2. The minimum absolute atomic E-state index is 0.0778. The molecular formula is C21H42N4O4S. The van der Waals surface area contributed by atoms with E-state index in [1.807, 2.05) is 34.9 Å². The van der Waals surface area contributed by atoms with Crippen LogP contribution in [0.25, 0.3) is 0 Å². The lowest BCUT2D eigenvalue weighted by Crippen LogP contribution is -2.56. The highest BCUT2D eigenvalue weighted by molar-refractivity contribution is 7.99. The molecule has 9 heteroatoms. The lowest BCUT2D eigenvalue weighted by Gasteiger charge is -2.36. The molecule has 0 bridgehead atoms. The number of hydrogen-bond donors (Lipinski definition) is 1. The molecule has 8 nitrogen and oxygen atoms in total. The standard InChI is InChI=1S/C21H42N4O4S/c1-9-11-18(26)24(6)17(15-30-13-10-12-23(4)5)20(28)25(7)16(19(22)27)14-21(2,3)29-8/h16-17H,9-15H2,1-8H3,(H2,22,27)/t16-,17+/m0/s1. The molecule has 30 heavy (non-hydrogen) atoms. The molecule has 0 saturated heterocycles. The Morgan fingerprint density at radius 1 is 1.07 bits per heavy atom. The zero-order valence-electron chi connectivity index (χ0n) is 20.1. The number of hydrogen-bond acceptors (Lipinski definition) is 6. The van der Waals surface area contributed by atoms with E-state index >= 15 is 0 Å². The number of rotatable bonds is 15. The van der Waals surface area contributed by atoms with Gasteiger partial charge >= 0.3 is 0 Å². The molecule has 0 unspecified atom stereocenters. The molecule has 0 radical (unpaired) electrons. The van der Waals surface area contributed by atoms with E-state index in [0.717, 1.165) is 18.7 Å². The second kappa shape index (κ2) is 13.9. The van der Waals surface area contributed by atoms with E-state index in [9.17, 15) is 14.4 Å². The predicted octanol–water partition coefficient (Wildman–Crippen LogP) is 1.43. The SMILES string of the molecule is CCCC(=O)N(C)[C@H](CSCCCN(C)C)C(=O)N(C)[C@@H](CC(C)(C)OC)C(N)=O. The average Bonchev–Trinajstić information content (AvgIpc) is 2.67. The van der Waals surface area contributed by atoms with Crippen LogP contribution in [0.1, 0.15) is 46.5 Å². The number of primary amides is 1. The van der Waals surface area contributed by atoms with Gasteiger partial charge in [0, 0.05) is 39.8 Å². The van der Waals surface area contributed by atoms with Crippen LogP contribution in [-0.2, 0) is 19.1 Å². The summed E-state index contributed by atoms with van der Waals surface area (Å²) in [5.41, 5.74) is 4.99. The Morgan fingerprint density at radius 2 is 1.67 bits per heavy atom. The monoisotopic (exact) mass is 446 g/mol. The van der Waals surface area contributed by atoms with Crippen molar-refractivity contribution in [1.82, 2.24) is 14.7 Å². The Kier molecular flexibility index (Phi) is 13.3. The maximum atomic E-state index is 13.3. The molecule has 0 spiro atoms. The van der Waals surface area contributed by atoms with Crippen LogP contribution in [0.2, 0.25) is 0 Å². The summed E-state index contributed by atoms with van der Waals surface area (Å²) in [5.74, 6) is 0.415. The van der Waals surface area contributed by atoms with Gasteiger partial charge in [0.05, 0.1) is 5.60 Å². The van der Waals surface area contributed by atoms with E-state index in [4.69, 9.17) is 10.5 Å². The van der Waals surface area contributed by atoms with Crippen LogP contribution in [0, 0.1) is 0 Å². The van der Waals surface area contributed by atoms with Gasteiger partial charge in [-0.05, 0) is 53.1 Å². The number of carbonyl (C=O) groups excluding carboxylic acids is 3. The number of methoxy groups -OCH3 is 1. The third kappa shape index (κ3) is 10.1. The van der Waals surface area contributed by atoms with Gasteiger partial charge in [0.1, 0.15) is 12.1 Å². The number of nitrogens with two attached hydrogens (primary N) is 1. The number of thioether (sulfide) groups is 1. The average molecular weight is 447 g/mol. The van der Waals surface area contributed by atoms with Gasteiger partial charge < -0.3 is 25.2 Å². The molecular weight excluding hydrogens is 404 g/mol. The number of ether oxygens (including phenoxy) is 1. The minimum atomic E-state index is -0.816. The van der Waals surface area contributed by atoms with Crippen LogP contribution in [-0.4, -0.2) is 103 Å². The Bertz CT molecular complexity index is 557. The fraction of sp³-hybridized carbons (Fsp3) is 0.857. The molecule has 0 aliphatic carbocycles. The summed E-state index contributed by atoms with van der Waals surface area (Å²) in [5, 5.41) is 0. The van der Waals surface area contributed by atoms with Crippen LogP contribution >= 0.6 is 11.8 Å². The molecule has 0 aromatic rings. The topological polar surface area (TPSA) is 96.2 Å². The van der Waals surface area contributed by atoms with Gasteiger partial charge in [0.25, 0.3) is 0 Å². The maximum Gasteiger partial charge on any atom is 0.246 e. The summed E-state index contributed by atoms with van der Waals surface area (Å²) in [4.78, 5) is 43.0. The van der Waals surface area contributed by atoms with E-state index in [1.165, 1.54) is 9.80 Å². The molecule has 176 valence electrons. The van der Waals surface area contributed by atoms with Crippen LogP contribution in [0.15, 0.2) is 0 Å². The van der Waals surface area contributed by atoms with Crippen molar-refractivity contribution in [2.45, 2.75) is 64.1 Å². The normalized spacial score (nSPS) is 13.8. The fourth-order valence-electron chi connectivity index (χ4n) is 2.96. The van der Waals surface area contributed by atoms with Crippen molar-refractivity contribution < 1.29 is 19.1 Å². The molecule has 0 fully saturated rings. The molecule has 0 heterocycles. The van der Waals surface area contributed by atoms with E-state index < -0.39 is 23.6 Å². The smallest absolute Gasteiger partial charge is 0.246 e. The molecule has 3 amide bonds. The minimum Gasteiger partial charge on any atom is -0.379 e. The molecule has 0 rings (SSSR count). The van der Waals surface area contributed by atoms with Gasteiger partial charge in [-0.15, -0.1) is 0 Å². The van der Waals surface area contributed by atoms with Gasteiger partial charge in [-0.2, -0.15) is 11.8 Å². The Balaban J connectivity index is 5.42. The quantitative estimate of drug-likeness (QED) is 0.382. The second-order valence-electron chi connectivity index (χ2n) is 8.54. The van der Waals surface area contributed by atoms with Crippen LogP contribution < -0.4 is 5.73 Å². The summed E-state index contributed by atoms with van der Waals surface area (Å²) in [6.07, 6.45) is 2.36. The first kappa shape index (κ1) is 28.7. The van der Waals surface area contributed by atoms with Gasteiger partial charge in [0.15, 0.2) is 0 Å². The highest BCUT2D eigenvalue weighted by Gasteiger charge is 2.36. The maximum absolute atomic E-state index is 13.3. The zero-order chi connectivity index (χ0) is 23.5. The molecule has 0 aliphatic heterocycles. The third-order valence-corrected chi connectivity index (χ3v) is 6.29. The first-order chi connectivity index (χ1) is 13.9. The van der Waals surface area contributed by atoms with Crippen molar-refractivity contribution in [3.8, 4) is 0 Å². The van der Waals surface area contributed by atoms with Crippen LogP contribution in [0.5, 0.6) is 0 Å². The van der Waals surface area contributed by atoms with Crippen molar-refractivity contribution in [1.29, 1.82) is 0 Å². The third-order valence-electron chi connectivity index (χ3n) is 5.16. The van der Waals surface area contributed by atoms with E-state index in [2.05, 4.69) is 4.90 Å². The predicted molar refractivity (Wildman–Crippen MR) is 123 cm³/mol. The van der Waals surface area contributed by atoms with Crippen molar-refractivity contribution in [3.05, 3.63) is 0 Å². The van der Waals surface area contributed by atoms with Crippen LogP contribution in [0.3, 0.4) is 0 Å². The molecule has 0 aromatic heterocycles. The number of carbonyl (C=O) groups is 3. The highest BCUT2D eigenvalue weighted by Crippen LogP contribution is 2.21.